The van der Waals surface area contributed by atoms with E-state index in [9.17, 15) is 9.59 Å². The first-order chi connectivity index (χ1) is 9.50. The maximum Gasteiger partial charge on any atom is 0.255 e. The molecule has 0 aliphatic carbocycles. The Balaban J connectivity index is 1.79. The number of furan rings is 1. The number of likely N-dealkylation sites (tertiary alicyclic amines) is 1. The van der Waals surface area contributed by atoms with E-state index in [0.29, 0.717) is 24.3 Å². The zero-order valence-corrected chi connectivity index (χ0v) is 12.4. The van der Waals surface area contributed by atoms with Gasteiger partial charge in [-0.15, -0.1) is 0 Å². The van der Waals surface area contributed by atoms with Crippen molar-refractivity contribution in [1.82, 2.24) is 10.2 Å². The molecule has 5 nitrogen and oxygen atoms in total. The SMILES string of the molecule is Cc1oc(C)c(C(=O)NCCCN2CCCC2=O)c1C. The van der Waals surface area contributed by atoms with E-state index in [0.717, 1.165) is 37.3 Å². The first-order valence-electron chi connectivity index (χ1n) is 7.13. The van der Waals surface area contributed by atoms with Crippen LogP contribution in [0.2, 0.25) is 0 Å². The van der Waals surface area contributed by atoms with Crippen LogP contribution in [0.5, 0.6) is 0 Å². The zero-order valence-electron chi connectivity index (χ0n) is 12.4. The number of carbonyl (C=O) groups excluding carboxylic acids is 2. The second kappa shape index (κ2) is 6.11. The molecule has 1 aliphatic heterocycles. The molecular weight excluding hydrogens is 256 g/mol. The molecule has 1 aromatic rings. The number of hydrogen-bond donors (Lipinski definition) is 1. The molecule has 2 rings (SSSR count). The van der Waals surface area contributed by atoms with E-state index in [1.807, 2.05) is 18.7 Å². The van der Waals surface area contributed by atoms with E-state index in [1.165, 1.54) is 0 Å². The number of nitrogens with zero attached hydrogens (tertiary/aromatic N) is 1. The number of nitrogens with one attached hydrogen (secondary N) is 1. The summed E-state index contributed by atoms with van der Waals surface area (Å²) in [4.78, 5) is 25.4. The fourth-order valence-corrected chi connectivity index (χ4v) is 2.63. The molecule has 0 spiro atoms. The lowest BCUT2D eigenvalue weighted by Gasteiger charge is -2.15. The standard InChI is InChI=1S/C15H22N2O3/c1-10-11(2)20-12(3)14(10)15(19)16-7-5-9-17-8-4-6-13(17)18/h4-9H2,1-3H3,(H,16,19). The van der Waals surface area contributed by atoms with Gasteiger partial charge in [0.05, 0.1) is 5.56 Å². The summed E-state index contributed by atoms with van der Waals surface area (Å²) in [7, 11) is 0. The van der Waals surface area contributed by atoms with Crippen molar-refractivity contribution in [1.29, 1.82) is 0 Å². The van der Waals surface area contributed by atoms with Gasteiger partial charge < -0.3 is 14.6 Å². The van der Waals surface area contributed by atoms with Crippen molar-refractivity contribution in [2.24, 2.45) is 0 Å². The van der Waals surface area contributed by atoms with Gasteiger partial charge in [-0.3, -0.25) is 9.59 Å². The average molecular weight is 278 g/mol. The van der Waals surface area contributed by atoms with Crippen molar-refractivity contribution < 1.29 is 14.0 Å². The summed E-state index contributed by atoms with van der Waals surface area (Å²) >= 11 is 0. The zero-order chi connectivity index (χ0) is 14.7. The summed E-state index contributed by atoms with van der Waals surface area (Å²) in [5.74, 6) is 1.58. The second-order valence-electron chi connectivity index (χ2n) is 5.31. The van der Waals surface area contributed by atoms with Crippen LogP contribution < -0.4 is 5.32 Å². The average Bonchev–Trinajstić information content (AvgIpc) is 2.90. The van der Waals surface area contributed by atoms with E-state index in [4.69, 9.17) is 4.42 Å². The molecule has 1 aromatic heterocycles. The van der Waals surface area contributed by atoms with Gasteiger partial charge in [0.15, 0.2) is 0 Å². The summed E-state index contributed by atoms with van der Waals surface area (Å²) in [6.07, 6.45) is 2.41. The topological polar surface area (TPSA) is 62.6 Å². The number of carbonyl (C=O) groups is 2. The highest BCUT2D eigenvalue weighted by Crippen LogP contribution is 2.20. The van der Waals surface area contributed by atoms with E-state index in [1.54, 1.807) is 6.92 Å². The van der Waals surface area contributed by atoms with Gasteiger partial charge in [0.1, 0.15) is 11.5 Å². The predicted octanol–water partition coefficient (Wildman–Crippen LogP) is 1.95. The van der Waals surface area contributed by atoms with Crippen LogP contribution in [0.3, 0.4) is 0 Å². The summed E-state index contributed by atoms with van der Waals surface area (Å²) in [5.41, 5.74) is 1.54. The molecule has 1 aliphatic rings. The molecule has 2 heterocycles. The lowest BCUT2D eigenvalue weighted by molar-refractivity contribution is -0.127. The molecule has 110 valence electrons. The van der Waals surface area contributed by atoms with Crippen molar-refractivity contribution in [3.8, 4) is 0 Å². The van der Waals surface area contributed by atoms with Gasteiger partial charge in [-0.25, -0.2) is 0 Å². The Kier molecular flexibility index (Phi) is 4.47. The minimum absolute atomic E-state index is 0.0930. The maximum atomic E-state index is 12.1. The molecule has 1 fully saturated rings. The Hall–Kier alpha value is -1.78. The van der Waals surface area contributed by atoms with Crippen molar-refractivity contribution in [2.75, 3.05) is 19.6 Å². The molecular formula is C15H22N2O3. The van der Waals surface area contributed by atoms with Gasteiger partial charge in [0.25, 0.3) is 5.91 Å². The fourth-order valence-electron chi connectivity index (χ4n) is 2.63. The Morgan fingerprint density at radius 1 is 1.30 bits per heavy atom. The highest BCUT2D eigenvalue weighted by molar-refractivity contribution is 5.96. The van der Waals surface area contributed by atoms with Crippen molar-refractivity contribution >= 4 is 11.8 Å². The summed E-state index contributed by atoms with van der Waals surface area (Å²) in [6, 6.07) is 0. The molecule has 1 saturated heterocycles. The third-order valence-corrected chi connectivity index (χ3v) is 3.85. The van der Waals surface area contributed by atoms with Crippen LogP contribution in [-0.2, 0) is 4.79 Å². The fraction of sp³-hybridized carbons (Fsp3) is 0.600. The van der Waals surface area contributed by atoms with Crippen molar-refractivity contribution in [3.05, 3.63) is 22.6 Å². The summed E-state index contributed by atoms with van der Waals surface area (Å²) in [5, 5.41) is 2.90. The molecule has 0 bridgehead atoms. The van der Waals surface area contributed by atoms with Crippen LogP contribution >= 0.6 is 0 Å². The molecule has 1 N–H and O–H groups in total. The minimum Gasteiger partial charge on any atom is -0.466 e. The summed E-state index contributed by atoms with van der Waals surface area (Å²) < 4.78 is 5.45. The number of aryl methyl sites for hydroxylation is 2. The Morgan fingerprint density at radius 2 is 2.05 bits per heavy atom. The first kappa shape index (κ1) is 14.6. The van der Waals surface area contributed by atoms with Crippen LogP contribution in [0.1, 0.15) is 46.7 Å². The van der Waals surface area contributed by atoms with Crippen LogP contribution in [-0.4, -0.2) is 36.3 Å². The Bertz CT molecular complexity index is 519. The lowest BCUT2D eigenvalue weighted by Crippen LogP contribution is -2.31. The molecule has 0 radical (unpaired) electrons. The van der Waals surface area contributed by atoms with Gasteiger partial charge >= 0.3 is 0 Å². The monoisotopic (exact) mass is 278 g/mol. The Morgan fingerprint density at radius 3 is 2.60 bits per heavy atom. The molecule has 20 heavy (non-hydrogen) atoms. The van der Waals surface area contributed by atoms with Gasteiger partial charge in [0.2, 0.25) is 5.91 Å². The molecule has 2 amide bonds. The summed E-state index contributed by atoms with van der Waals surface area (Å²) in [6.45, 7) is 7.71. The first-order valence-corrected chi connectivity index (χ1v) is 7.13. The molecule has 5 heteroatoms. The van der Waals surface area contributed by atoms with Crippen LogP contribution in [0, 0.1) is 20.8 Å². The van der Waals surface area contributed by atoms with Gasteiger partial charge in [0, 0.05) is 31.6 Å². The van der Waals surface area contributed by atoms with Crippen molar-refractivity contribution in [3.63, 3.8) is 0 Å². The number of amides is 2. The molecule has 0 atom stereocenters. The number of rotatable bonds is 5. The third-order valence-electron chi connectivity index (χ3n) is 3.85. The minimum atomic E-state index is -0.0930. The highest BCUT2D eigenvalue weighted by Gasteiger charge is 2.20. The van der Waals surface area contributed by atoms with Crippen LogP contribution in [0.4, 0.5) is 0 Å². The lowest BCUT2D eigenvalue weighted by atomic mass is 10.1. The second-order valence-corrected chi connectivity index (χ2v) is 5.31. The quantitative estimate of drug-likeness (QED) is 0.837. The smallest absolute Gasteiger partial charge is 0.255 e. The third kappa shape index (κ3) is 3.03. The van der Waals surface area contributed by atoms with E-state index in [-0.39, 0.29) is 11.8 Å². The van der Waals surface area contributed by atoms with Crippen molar-refractivity contribution in [2.45, 2.75) is 40.0 Å². The van der Waals surface area contributed by atoms with Crippen LogP contribution in [0.25, 0.3) is 0 Å². The molecule has 0 unspecified atom stereocenters. The van der Waals surface area contributed by atoms with Gasteiger partial charge in [-0.2, -0.15) is 0 Å². The normalized spacial score (nSPS) is 14.9. The Labute approximate surface area is 119 Å². The van der Waals surface area contributed by atoms with E-state index >= 15 is 0 Å². The largest absolute Gasteiger partial charge is 0.466 e. The highest BCUT2D eigenvalue weighted by atomic mass is 16.3. The maximum absolute atomic E-state index is 12.1. The molecule has 0 aromatic carbocycles. The van der Waals surface area contributed by atoms with Gasteiger partial charge in [-0.1, -0.05) is 0 Å². The van der Waals surface area contributed by atoms with Gasteiger partial charge in [-0.05, 0) is 33.6 Å². The van der Waals surface area contributed by atoms with Crippen LogP contribution in [0.15, 0.2) is 4.42 Å². The predicted molar refractivity (Wildman–Crippen MR) is 75.7 cm³/mol. The van der Waals surface area contributed by atoms with E-state index < -0.39 is 0 Å². The molecule has 0 saturated carbocycles. The number of hydrogen-bond acceptors (Lipinski definition) is 3. The van der Waals surface area contributed by atoms with E-state index in [2.05, 4.69) is 5.32 Å².